The van der Waals surface area contributed by atoms with Gasteiger partial charge in [-0.3, -0.25) is 9.69 Å². The fourth-order valence-corrected chi connectivity index (χ4v) is 3.92. The molecule has 1 amide bonds. The van der Waals surface area contributed by atoms with Crippen LogP contribution in [0, 0.1) is 5.92 Å². The van der Waals surface area contributed by atoms with Crippen LogP contribution in [0.5, 0.6) is 0 Å². The van der Waals surface area contributed by atoms with Crippen molar-refractivity contribution in [3.05, 3.63) is 35.0 Å². The number of carbonyl (C=O) groups is 1. The van der Waals surface area contributed by atoms with Crippen LogP contribution < -0.4 is 10.6 Å². The summed E-state index contributed by atoms with van der Waals surface area (Å²) in [7, 11) is 3.48. The van der Waals surface area contributed by atoms with Crippen LogP contribution in [-0.4, -0.2) is 68.5 Å². The van der Waals surface area contributed by atoms with Gasteiger partial charge < -0.3 is 15.5 Å². The van der Waals surface area contributed by atoms with Gasteiger partial charge >= 0.3 is 0 Å². The molecule has 1 fully saturated rings. The molecule has 0 aromatic carbocycles. The lowest BCUT2D eigenvalue weighted by atomic mass is 9.97. The molecule has 1 aromatic heterocycles. The van der Waals surface area contributed by atoms with Crippen LogP contribution in [-0.2, 0) is 4.79 Å². The summed E-state index contributed by atoms with van der Waals surface area (Å²) in [4.78, 5) is 21.8. The monoisotopic (exact) mass is 519 g/mol. The van der Waals surface area contributed by atoms with E-state index in [1.165, 1.54) is 17.7 Å². The Labute approximate surface area is 190 Å². The molecule has 2 N–H and O–H groups in total. The maximum absolute atomic E-state index is 11.9. The zero-order valence-corrected chi connectivity index (χ0v) is 20.3. The molecule has 0 saturated carbocycles. The summed E-state index contributed by atoms with van der Waals surface area (Å²) in [6, 6.07) is 4.64. The lowest BCUT2D eigenvalue weighted by Gasteiger charge is -2.36. The molecule has 1 saturated heterocycles. The van der Waals surface area contributed by atoms with Gasteiger partial charge in [-0.2, -0.15) is 0 Å². The minimum atomic E-state index is -0.0190. The lowest BCUT2D eigenvalue weighted by Crippen LogP contribution is -2.45. The van der Waals surface area contributed by atoms with Gasteiger partial charge in [0.1, 0.15) is 6.54 Å². The Bertz CT molecular complexity index is 612. The number of rotatable bonds is 8. The zero-order chi connectivity index (χ0) is 19.6. The topological polar surface area (TPSA) is 60.0 Å². The highest BCUT2D eigenvalue weighted by molar-refractivity contribution is 14.0. The number of nitrogens with zero attached hydrogens (tertiary/aromatic N) is 3. The summed E-state index contributed by atoms with van der Waals surface area (Å²) in [6.45, 7) is 9.82. The molecular formula is C20H34IN5OS. The highest BCUT2D eigenvalue weighted by atomic mass is 127. The van der Waals surface area contributed by atoms with Gasteiger partial charge in [-0.25, -0.2) is 4.99 Å². The van der Waals surface area contributed by atoms with Gasteiger partial charge in [0.05, 0.1) is 6.04 Å². The van der Waals surface area contributed by atoms with Gasteiger partial charge in [-0.15, -0.1) is 41.9 Å². The van der Waals surface area contributed by atoms with Gasteiger partial charge in [0.25, 0.3) is 0 Å². The summed E-state index contributed by atoms with van der Waals surface area (Å²) >= 11 is 1.80. The van der Waals surface area contributed by atoms with E-state index in [1.54, 1.807) is 36.4 Å². The Kier molecular flexibility index (Phi) is 11.7. The Balaban J connectivity index is 0.00000392. The van der Waals surface area contributed by atoms with Crippen molar-refractivity contribution in [1.29, 1.82) is 0 Å². The normalized spacial score (nSPS) is 16.8. The average Bonchev–Trinajstić information content (AvgIpc) is 3.18. The van der Waals surface area contributed by atoms with Crippen LogP contribution in [0.25, 0.3) is 0 Å². The quantitative estimate of drug-likeness (QED) is 0.240. The summed E-state index contributed by atoms with van der Waals surface area (Å²) in [5.41, 5.74) is 0. The van der Waals surface area contributed by atoms with Gasteiger partial charge in [0, 0.05) is 32.1 Å². The summed E-state index contributed by atoms with van der Waals surface area (Å²) < 4.78 is 0. The van der Waals surface area contributed by atoms with Gasteiger partial charge in [0.15, 0.2) is 5.96 Å². The molecule has 0 aliphatic carbocycles. The van der Waals surface area contributed by atoms with Crippen LogP contribution in [0.3, 0.4) is 0 Å². The predicted octanol–water partition coefficient (Wildman–Crippen LogP) is 2.95. The first-order valence-corrected chi connectivity index (χ1v) is 10.5. The molecule has 1 aliphatic heterocycles. The largest absolute Gasteiger partial charge is 0.354 e. The van der Waals surface area contributed by atoms with E-state index in [9.17, 15) is 4.79 Å². The van der Waals surface area contributed by atoms with Crippen molar-refractivity contribution in [1.82, 2.24) is 20.4 Å². The molecule has 0 spiro atoms. The minimum absolute atomic E-state index is 0. The molecule has 1 aliphatic rings. The first-order valence-electron chi connectivity index (χ1n) is 9.62. The van der Waals surface area contributed by atoms with Gasteiger partial charge in [-0.1, -0.05) is 19.1 Å². The van der Waals surface area contributed by atoms with E-state index in [0.717, 1.165) is 25.6 Å². The molecule has 1 unspecified atom stereocenters. The number of hydrogen-bond donors (Lipinski definition) is 2. The van der Waals surface area contributed by atoms with Crippen LogP contribution >= 0.6 is 35.3 Å². The van der Waals surface area contributed by atoms with E-state index in [0.29, 0.717) is 18.5 Å². The average molecular weight is 519 g/mol. The Hall–Kier alpha value is -1.13. The number of guanidine groups is 1. The summed E-state index contributed by atoms with van der Waals surface area (Å²) in [6.07, 6.45) is 4.28. The predicted molar refractivity (Wildman–Crippen MR) is 130 cm³/mol. The van der Waals surface area contributed by atoms with Crippen molar-refractivity contribution in [2.24, 2.45) is 10.9 Å². The van der Waals surface area contributed by atoms with Gasteiger partial charge in [-0.05, 0) is 43.3 Å². The van der Waals surface area contributed by atoms with Crippen molar-refractivity contribution in [3.63, 3.8) is 0 Å². The van der Waals surface area contributed by atoms with Crippen molar-refractivity contribution in [2.75, 3.05) is 46.8 Å². The van der Waals surface area contributed by atoms with Crippen molar-refractivity contribution >= 4 is 47.2 Å². The first-order chi connectivity index (χ1) is 13.0. The SMILES string of the molecule is C=CCNC(=NCC(=O)N(C)C)NCC(c1cccs1)N1CCC(C)CC1.I. The smallest absolute Gasteiger partial charge is 0.243 e. The number of piperidine rings is 1. The number of halogens is 1. The van der Waals surface area contributed by atoms with E-state index in [-0.39, 0.29) is 36.4 Å². The molecule has 2 rings (SSSR count). The Morgan fingerprint density at radius 2 is 2.14 bits per heavy atom. The molecule has 1 atom stereocenters. The zero-order valence-electron chi connectivity index (χ0n) is 17.2. The van der Waals surface area contributed by atoms with E-state index < -0.39 is 0 Å². The molecule has 8 heteroatoms. The van der Waals surface area contributed by atoms with Crippen molar-refractivity contribution in [3.8, 4) is 0 Å². The molecule has 1 aromatic rings. The van der Waals surface area contributed by atoms with Crippen molar-refractivity contribution in [2.45, 2.75) is 25.8 Å². The molecule has 6 nitrogen and oxygen atoms in total. The van der Waals surface area contributed by atoms with E-state index in [2.05, 4.69) is 51.5 Å². The molecule has 28 heavy (non-hydrogen) atoms. The van der Waals surface area contributed by atoms with Gasteiger partial charge in [0.2, 0.25) is 5.91 Å². The first kappa shape index (κ1) is 24.9. The fourth-order valence-electron chi connectivity index (χ4n) is 3.06. The molecule has 158 valence electrons. The second-order valence-electron chi connectivity index (χ2n) is 7.25. The standard InChI is InChI=1S/C20H33N5OS.HI/c1-5-10-21-20(23-15-19(26)24(3)4)22-14-17(18-7-6-13-27-18)25-11-8-16(2)9-12-25;/h5-7,13,16-17H,1,8-12,14-15H2,2-4H3,(H2,21,22,23);1H. The number of likely N-dealkylation sites (tertiary alicyclic amines) is 1. The van der Waals surface area contributed by atoms with Crippen LogP contribution in [0.15, 0.2) is 35.2 Å². The number of aliphatic imine (C=N–C) groups is 1. The summed E-state index contributed by atoms with van der Waals surface area (Å²) in [5.74, 6) is 1.44. The maximum atomic E-state index is 11.9. The number of amides is 1. The van der Waals surface area contributed by atoms with Crippen LogP contribution in [0.2, 0.25) is 0 Å². The fraction of sp³-hybridized carbons (Fsp3) is 0.600. The van der Waals surface area contributed by atoms with Crippen molar-refractivity contribution < 1.29 is 4.79 Å². The molecular weight excluding hydrogens is 485 g/mol. The maximum Gasteiger partial charge on any atom is 0.243 e. The highest BCUT2D eigenvalue weighted by Crippen LogP contribution is 2.28. The number of likely N-dealkylation sites (N-methyl/N-ethyl adjacent to an activating group) is 1. The third kappa shape index (κ3) is 8.08. The lowest BCUT2D eigenvalue weighted by molar-refractivity contribution is -0.127. The van der Waals surface area contributed by atoms with Crippen LogP contribution in [0.1, 0.15) is 30.7 Å². The Morgan fingerprint density at radius 3 is 2.71 bits per heavy atom. The number of nitrogens with one attached hydrogen (secondary N) is 2. The van der Waals surface area contributed by atoms with E-state index in [4.69, 9.17) is 0 Å². The third-order valence-corrected chi connectivity index (χ3v) is 5.85. The number of hydrogen-bond acceptors (Lipinski definition) is 4. The number of thiophene rings is 1. The molecule has 0 bridgehead atoms. The minimum Gasteiger partial charge on any atom is -0.354 e. The highest BCUT2D eigenvalue weighted by Gasteiger charge is 2.25. The third-order valence-electron chi connectivity index (χ3n) is 4.88. The van der Waals surface area contributed by atoms with E-state index >= 15 is 0 Å². The van der Waals surface area contributed by atoms with Crippen LogP contribution in [0.4, 0.5) is 0 Å². The second kappa shape index (κ2) is 13.2. The van der Waals surface area contributed by atoms with E-state index in [1.807, 2.05) is 0 Å². The second-order valence-corrected chi connectivity index (χ2v) is 8.23. The summed E-state index contributed by atoms with van der Waals surface area (Å²) in [5, 5.41) is 8.77. The molecule has 0 radical (unpaired) electrons. The number of carbonyl (C=O) groups excluding carboxylic acids is 1. The Morgan fingerprint density at radius 1 is 1.43 bits per heavy atom. The molecule has 2 heterocycles.